The van der Waals surface area contributed by atoms with Crippen LogP contribution >= 0.6 is 12.2 Å². The lowest BCUT2D eigenvalue weighted by atomic mass is 10.1. The lowest BCUT2D eigenvalue weighted by Gasteiger charge is -2.28. The number of carbonyl (C=O) groups is 2. The maximum Gasteiger partial charge on any atom is 0.270 e. The Morgan fingerprint density at radius 1 is 0.744 bits per heavy atom. The van der Waals surface area contributed by atoms with Crippen molar-refractivity contribution in [3.05, 3.63) is 119 Å². The van der Waals surface area contributed by atoms with E-state index in [1.807, 2.05) is 61.5 Å². The molecule has 0 aliphatic carbocycles. The lowest BCUT2D eigenvalue weighted by Crippen LogP contribution is -2.54. The van der Waals surface area contributed by atoms with E-state index in [-0.39, 0.29) is 17.3 Å². The number of benzene rings is 4. The molecule has 0 aromatic heterocycles. The summed E-state index contributed by atoms with van der Waals surface area (Å²) >= 11 is 5.26. The van der Waals surface area contributed by atoms with E-state index in [2.05, 4.69) is 5.32 Å². The van der Waals surface area contributed by atoms with E-state index in [4.69, 9.17) is 31.2 Å². The van der Waals surface area contributed by atoms with Gasteiger partial charge < -0.3 is 18.9 Å². The Hall–Kier alpha value is -5.15. The number of methoxy groups -OCH3 is 1. The normalized spacial score (nSPS) is 14.0. The maximum absolute atomic E-state index is 13.3. The minimum atomic E-state index is -0.567. The van der Waals surface area contributed by atoms with Gasteiger partial charge in [0.2, 0.25) is 0 Å². The molecule has 1 heterocycles. The number of anilines is 1. The molecule has 9 heteroatoms. The van der Waals surface area contributed by atoms with Crippen LogP contribution in [0.4, 0.5) is 5.69 Å². The maximum atomic E-state index is 13.3. The van der Waals surface area contributed by atoms with E-state index < -0.39 is 11.8 Å². The zero-order chi connectivity index (χ0) is 30.2. The van der Waals surface area contributed by atoms with E-state index in [9.17, 15) is 9.59 Å². The summed E-state index contributed by atoms with van der Waals surface area (Å²) < 4.78 is 23.5. The highest BCUT2D eigenvalue weighted by Crippen LogP contribution is 2.33. The highest BCUT2D eigenvalue weighted by atomic mass is 32.1. The first-order valence-electron chi connectivity index (χ1n) is 13.7. The van der Waals surface area contributed by atoms with Crippen LogP contribution in [0.2, 0.25) is 0 Å². The number of nitrogens with zero attached hydrogens (tertiary/aromatic N) is 1. The molecule has 218 valence electrons. The number of nitrogens with one attached hydrogen (secondary N) is 1. The highest BCUT2D eigenvalue weighted by molar-refractivity contribution is 7.80. The number of ether oxygens (including phenoxy) is 4. The lowest BCUT2D eigenvalue weighted by molar-refractivity contribution is -0.122. The van der Waals surface area contributed by atoms with E-state index >= 15 is 0 Å². The smallest absolute Gasteiger partial charge is 0.270 e. The van der Waals surface area contributed by atoms with Crippen LogP contribution < -0.4 is 29.2 Å². The molecular formula is C34H30N2O6S. The molecule has 5 rings (SSSR count). The summed E-state index contributed by atoms with van der Waals surface area (Å²) in [6.45, 7) is 3.09. The van der Waals surface area contributed by atoms with Crippen LogP contribution in [0.25, 0.3) is 6.08 Å². The first kappa shape index (κ1) is 29.3. The van der Waals surface area contributed by atoms with Gasteiger partial charge in [0.05, 0.1) is 19.4 Å². The summed E-state index contributed by atoms with van der Waals surface area (Å²) in [7, 11) is 1.53. The van der Waals surface area contributed by atoms with Crippen LogP contribution in [-0.4, -0.2) is 30.6 Å². The van der Waals surface area contributed by atoms with E-state index in [0.717, 1.165) is 11.1 Å². The Bertz CT molecular complexity index is 1660. The van der Waals surface area contributed by atoms with E-state index in [0.29, 0.717) is 47.5 Å². The summed E-state index contributed by atoms with van der Waals surface area (Å²) in [4.78, 5) is 27.3. The number of para-hydroxylation sites is 1. The zero-order valence-electron chi connectivity index (χ0n) is 23.7. The first-order chi connectivity index (χ1) is 21.0. The second-order valence-electron chi connectivity index (χ2n) is 9.48. The third kappa shape index (κ3) is 7.02. The molecule has 0 spiro atoms. The van der Waals surface area contributed by atoms with Gasteiger partial charge in [0.15, 0.2) is 28.1 Å². The van der Waals surface area contributed by atoms with Crippen molar-refractivity contribution in [3.8, 4) is 23.0 Å². The van der Waals surface area contributed by atoms with Crippen molar-refractivity contribution >= 4 is 40.9 Å². The number of thiocarbonyl (C=S) groups is 1. The molecule has 43 heavy (non-hydrogen) atoms. The van der Waals surface area contributed by atoms with Crippen molar-refractivity contribution in [1.82, 2.24) is 5.32 Å². The molecule has 0 atom stereocenters. The summed E-state index contributed by atoms with van der Waals surface area (Å²) in [5.74, 6) is 1.15. The first-order valence-corrected chi connectivity index (χ1v) is 14.1. The monoisotopic (exact) mass is 594 g/mol. The van der Waals surface area contributed by atoms with Crippen molar-refractivity contribution in [2.45, 2.75) is 20.1 Å². The van der Waals surface area contributed by atoms with Crippen molar-refractivity contribution in [2.75, 3.05) is 18.6 Å². The van der Waals surface area contributed by atoms with Gasteiger partial charge >= 0.3 is 0 Å². The second kappa shape index (κ2) is 13.7. The Morgan fingerprint density at radius 2 is 1.40 bits per heavy atom. The molecular weight excluding hydrogens is 564 g/mol. The quantitative estimate of drug-likeness (QED) is 0.128. The fraction of sp³-hybridized carbons (Fsp3) is 0.147. The van der Waals surface area contributed by atoms with Crippen LogP contribution in [0.15, 0.2) is 103 Å². The number of amides is 2. The zero-order valence-corrected chi connectivity index (χ0v) is 24.6. The molecule has 4 aromatic carbocycles. The Labute approximate surface area is 255 Å². The average molecular weight is 595 g/mol. The predicted molar refractivity (Wildman–Crippen MR) is 168 cm³/mol. The minimum Gasteiger partial charge on any atom is -0.493 e. The van der Waals surface area contributed by atoms with Crippen LogP contribution in [-0.2, 0) is 22.8 Å². The fourth-order valence-electron chi connectivity index (χ4n) is 4.46. The Morgan fingerprint density at radius 3 is 2.09 bits per heavy atom. The van der Waals surface area contributed by atoms with Crippen molar-refractivity contribution < 1.29 is 28.5 Å². The topological polar surface area (TPSA) is 86.3 Å². The van der Waals surface area contributed by atoms with Crippen LogP contribution in [0.1, 0.15) is 23.6 Å². The van der Waals surface area contributed by atoms with Gasteiger partial charge in [-0.3, -0.25) is 19.8 Å². The van der Waals surface area contributed by atoms with Gasteiger partial charge in [-0.1, -0.05) is 60.7 Å². The molecule has 1 N–H and O–H groups in total. The molecule has 0 radical (unpaired) electrons. The molecule has 1 fully saturated rings. The second-order valence-corrected chi connectivity index (χ2v) is 9.87. The Kier molecular flexibility index (Phi) is 9.33. The SMILES string of the molecule is CCOc1cc(COc2ccc(/C=C3/C(=O)NC(=S)N(c4ccccc4)C3=O)cc2OC)ccc1OCc1ccccc1. The number of hydrogen-bond donors (Lipinski definition) is 1. The summed E-state index contributed by atoms with van der Waals surface area (Å²) in [6.07, 6.45) is 1.50. The summed E-state index contributed by atoms with van der Waals surface area (Å²) in [5, 5.41) is 2.63. The molecule has 0 saturated carbocycles. The van der Waals surface area contributed by atoms with Gasteiger partial charge in [0.1, 0.15) is 18.8 Å². The molecule has 1 aliphatic rings. The van der Waals surface area contributed by atoms with Crippen molar-refractivity contribution in [3.63, 3.8) is 0 Å². The Balaban J connectivity index is 1.30. The molecule has 1 saturated heterocycles. The van der Waals surface area contributed by atoms with Gasteiger partial charge in [-0.2, -0.15) is 0 Å². The fourth-order valence-corrected chi connectivity index (χ4v) is 4.74. The predicted octanol–water partition coefficient (Wildman–Crippen LogP) is 6.08. The molecule has 0 bridgehead atoms. The highest BCUT2D eigenvalue weighted by Gasteiger charge is 2.34. The third-order valence-corrected chi connectivity index (χ3v) is 6.84. The number of rotatable bonds is 11. The minimum absolute atomic E-state index is 0.0305. The molecule has 8 nitrogen and oxygen atoms in total. The molecule has 0 unspecified atom stereocenters. The molecule has 4 aromatic rings. The van der Waals surface area contributed by atoms with Gasteiger partial charge in [-0.25, -0.2) is 0 Å². The third-order valence-electron chi connectivity index (χ3n) is 6.55. The molecule has 2 amide bonds. The van der Waals surface area contributed by atoms with Gasteiger partial charge in [0.25, 0.3) is 11.8 Å². The van der Waals surface area contributed by atoms with Crippen LogP contribution in [0.3, 0.4) is 0 Å². The van der Waals surface area contributed by atoms with Crippen LogP contribution in [0, 0.1) is 0 Å². The average Bonchev–Trinajstić information content (AvgIpc) is 3.03. The van der Waals surface area contributed by atoms with Gasteiger partial charge in [-0.15, -0.1) is 0 Å². The molecule has 1 aliphatic heterocycles. The van der Waals surface area contributed by atoms with Crippen LogP contribution in [0.5, 0.6) is 23.0 Å². The summed E-state index contributed by atoms with van der Waals surface area (Å²) in [5.41, 5.74) is 3.04. The summed E-state index contributed by atoms with van der Waals surface area (Å²) in [6, 6.07) is 29.7. The van der Waals surface area contributed by atoms with E-state index in [1.165, 1.54) is 18.1 Å². The largest absolute Gasteiger partial charge is 0.493 e. The van der Waals surface area contributed by atoms with Crippen molar-refractivity contribution in [1.29, 1.82) is 0 Å². The van der Waals surface area contributed by atoms with Gasteiger partial charge in [0, 0.05) is 0 Å². The van der Waals surface area contributed by atoms with E-state index in [1.54, 1.807) is 42.5 Å². The van der Waals surface area contributed by atoms with Crippen molar-refractivity contribution in [2.24, 2.45) is 0 Å². The standard InChI is InChI=1S/C34H30N2O6S/c1-3-40-31-20-25(15-17-29(31)41-21-23-10-6-4-7-11-23)22-42-28-16-14-24(19-30(28)39-2)18-27-32(37)35-34(43)36(33(27)38)26-12-8-5-9-13-26/h4-20H,3,21-22H2,1-2H3,(H,35,37,43)/b27-18-. The number of carbonyl (C=O) groups excluding carboxylic acids is 2. The van der Waals surface area contributed by atoms with Gasteiger partial charge in [-0.05, 0) is 78.3 Å². The number of hydrogen-bond acceptors (Lipinski definition) is 7.